The number of benzene rings is 2. The van der Waals surface area contributed by atoms with Gasteiger partial charge in [0.05, 0.1) is 10.6 Å². The molecule has 4 aromatic rings. The minimum Gasteiger partial charge on any atom is -0.871 e. The van der Waals surface area contributed by atoms with Crippen LogP contribution in [0, 0.1) is 10.1 Å². The molecule has 0 amide bonds. The fourth-order valence-electron chi connectivity index (χ4n) is 2.53. The van der Waals surface area contributed by atoms with Gasteiger partial charge < -0.3 is 9.52 Å². The first-order chi connectivity index (χ1) is 13.5. The molecular formula is C19H10BrN4O4-. The van der Waals surface area contributed by atoms with Crippen molar-refractivity contribution < 1.29 is 14.4 Å². The molecule has 0 unspecified atom stereocenters. The quantitative estimate of drug-likeness (QED) is 0.265. The van der Waals surface area contributed by atoms with Gasteiger partial charge in [-0.05, 0) is 42.0 Å². The lowest BCUT2D eigenvalue weighted by molar-refractivity contribution is -0.385. The van der Waals surface area contributed by atoms with Crippen molar-refractivity contribution in [2.45, 2.75) is 0 Å². The standard InChI is InChI=1S/C19H11BrN4O4/c20-15-9-14(24(26)27)8-12(17(15)25)10-22-13-5-3-11(4-6-13)19-23-18-16(28-19)2-1-7-21-18/h1-10,25H/p-1. The maximum Gasteiger partial charge on any atom is 0.271 e. The van der Waals surface area contributed by atoms with E-state index in [2.05, 4.69) is 30.9 Å². The van der Waals surface area contributed by atoms with E-state index in [9.17, 15) is 15.2 Å². The van der Waals surface area contributed by atoms with Crippen molar-refractivity contribution in [3.8, 4) is 17.2 Å². The summed E-state index contributed by atoms with van der Waals surface area (Å²) in [6.07, 6.45) is 2.95. The lowest BCUT2D eigenvalue weighted by Gasteiger charge is -2.12. The lowest BCUT2D eigenvalue weighted by atomic mass is 10.2. The highest BCUT2D eigenvalue weighted by Crippen LogP contribution is 2.30. The number of halogens is 1. The molecule has 0 spiro atoms. The summed E-state index contributed by atoms with van der Waals surface area (Å²) in [5.74, 6) is 0.0682. The van der Waals surface area contributed by atoms with E-state index in [4.69, 9.17) is 4.42 Å². The van der Waals surface area contributed by atoms with Crippen molar-refractivity contribution in [2.75, 3.05) is 0 Å². The normalized spacial score (nSPS) is 11.3. The van der Waals surface area contributed by atoms with Crippen LogP contribution in [0.15, 0.2) is 68.6 Å². The van der Waals surface area contributed by atoms with E-state index < -0.39 is 4.92 Å². The maximum absolute atomic E-state index is 12.1. The van der Waals surface area contributed by atoms with Crippen LogP contribution < -0.4 is 5.11 Å². The number of oxazole rings is 1. The van der Waals surface area contributed by atoms with Crippen molar-refractivity contribution in [3.05, 3.63) is 74.9 Å². The Bertz CT molecular complexity index is 1190. The molecule has 0 fully saturated rings. The van der Waals surface area contributed by atoms with Gasteiger partial charge >= 0.3 is 0 Å². The Balaban J connectivity index is 1.60. The number of aliphatic imine (C=N–C) groups is 1. The molecule has 0 aliphatic rings. The summed E-state index contributed by atoms with van der Waals surface area (Å²) in [4.78, 5) is 23.1. The van der Waals surface area contributed by atoms with Crippen LogP contribution in [-0.2, 0) is 0 Å². The third-order valence-corrected chi connectivity index (χ3v) is 4.49. The van der Waals surface area contributed by atoms with Gasteiger partial charge in [0.1, 0.15) is 0 Å². The maximum atomic E-state index is 12.1. The summed E-state index contributed by atoms with van der Waals surface area (Å²) in [7, 11) is 0. The van der Waals surface area contributed by atoms with Gasteiger partial charge in [0.2, 0.25) is 5.89 Å². The number of rotatable bonds is 4. The molecule has 0 saturated heterocycles. The second-order valence-electron chi connectivity index (χ2n) is 5.75. The molecule has 0 radical (unpaired) electrons. The molecule has 0 aliphatic carbocycles. The van der Waals surface area contributed by atoms with Crippen molar-refractivity contribution >= 4 is 44.7 Å². The molecule has 2 aromatic heterocycles. The van der Waals surface area contributed by atoms with E-state index >= 15 is 0 Å². The van der Waals surface area contributed by atoms with Gasteiger partial charge in [-0.25, -0.2) is 4.98 Å². The van der Waals surface area contributed by atoms with Gasteiger partial charge in [-0.3, -0.25) is 15.1 Å². The predicted molar refractivity (Wildman–Crippen MR) is 105 cm³/mol. The van der Waals surface area contributed by atoms with E-state index in [0.717, 1.165) is 5.56 Å². The van der Waals surface area contributed by atoms with Crippen LogP contribution in [0.1, 0.15) is 5.56 Å². The third-order valence-electron chi connectivity index (χ3n) is 3.90. The summed E-state index contributed by atoms with van der Waals surface area (Å²) in [5.41, 5.74) is 2.38. The highest BCUT2D eigenvalue weighted by molar-refractivity contribution is 9.10. The summed E-state index contributed by atoms with van der Waals surface area (Å²) >= 11 is 3.04. The second kappa shape index (κ2) is 7.20. The zero-order valence-electron chi connectivity index (χ0n) is 14.1. The van der Waals surface area contributed by atoms with Crippen molar-refractivity contribution in [3.63, 3.8) is 0 Å². The van der Waals surface area contributed by atoms with E-state index in [0.29, 0.717) is 22.8 Å². The SMILES string of the molecule is O=[N+]([O-])c1cc(Br)c([O-])c(C=Nc2ccc(-c3nc4ncccc4o3)cc2)c1. The van der Waals surface area contributed by atoms with Crippen LogP contribution in [0.2, 0.25) is 0 Å². The van der Waals surface area contributed by atoms with Crippen LogP contribution in [0.5, 0.6) is 5.75 Å². The van der Waals surface area contributed by atoms with Crippen molar-refractivity contribution in [2.24, 2.45) is 4.99 Å². The van der Waals surface area contributed by atoms with Gasteiger partial charge in [-0.2, -0.15) is 4.98 Å². The monoisotopic (exact) mass is 437 g/mol. The molecule has 0 saturated carbocycles. The minimum absolute atomic E-state index is 0.114. The number of pyridine rings is 1. The molecule has 2 heterocycles. The molecule has 4 rings (SSSR count). The highest BCUT2D eigenvalue weighted by atomic mass is 79.9. The van der Waals surface area contributed by atoms with Crippen LogP contribution in [0.4, 0.5) is 11.4 Å². The van der Waals surface area contributed by atoms with Crippen LogP contribution in [0.25, 0.3) is 22.7 Å². The molecule has 0 atom stereocenters. The van der Waals surface area contributed by atoms with Gasteiger partial charge in [-0.15, -0.1) is 0 Å². The van der Waals surface area contributed by atoms with Crippen molar-refractivity contribution in [1.29, 1.82) is 0 Å². The summed E-state index contributed by atoms with van der Waals surface area (Å²) in [5, 5.41) is 23.0. The number of nitrogens with zero attached hydrogens (tertiary/aromatic N) is 4. The molecular weight excluding hydrogens is 428 g/mol. The fourth-order valence-corrected chi connectivity index (χ4v) is 2.99. The molecule has 0 N–H and O–H groups in total. The molecule has 9 heteroatoms. The molecule has 0 bridgehead atoms. The zero-order valence-corrected chi connectivity index (χ0v) is 15.7. The molecule has 0 aliphatic heterocycles. The molecule has 2 aromatic carbocycles. The largest absolute Gasteiger partial charge is 0.871 e. The van der Waals surface area contributed by atoms with Crippen LogP contribution in [-0.4, -0.2) is 21.1 Å². The van der Waals surface area contributed by atoms with E-state index in [1.165, 1.54) is 18.3 Å². The highest BCUT2D eigenvalue weighted by Gasteiger charge is 2.10. The Kier molecular flexibility index (Phi) is 4.58. The Labute approximate surface area is 166 Å². The van der Waals surface area contributed by atoms with Gasteiger partial charge in [0, 0.05) is 34.6 Å². The second-order valence-corrected chi connectivity index (χ2v) is 6.61. The van der Waals surface area contributed by atoms with E-state index in [1.54, 1.807) is 42.6 Å². The number of non-ortho nitro benzene ring substituents is 1. The first kappa shape index (κ1) is 17.8. The number of aromatic nitrogens is 2. The van der Waals surface area contributed by atoms with Crippen LogP contribution >= 0.6 is 15.9 Å². The molecule has 28 heavy (non-hydrogen) atoms. The minimum atomic E-state index is -0.564. The van der Waals surface area contributed by atoms with Crippen LogP contribution in [0.3, 0.4) is 0 Å². The Morgan fingerprint density at radius 1 is 1.18 bits per heavy atom. The Morgan fingerprint density at radius 2 is 1.96 bits per heavy atom. The first-order valence-electron chi connectivity index (χ1n) is 8.02. The van der Waals surface area contributed by atoms with E-state index in [1.807, 2.05) is 0 Å². The number of fused-ring (bicyclic) bond motifs is 1. The zero-order chi connectivity index (χ0) is 19.7. The smallest absolute Gasteiger partial charge is 0.271 e. The lowest BCUT2D eigenvalue weighted by Crippen LogP contribution is -1.99. The Morgan fingerprint density at radius 3 is 2.68 bits per heavy atom. The summed E-state index contributed by atoms with van der Waals surface area (Å²) < 4.78 is 5.78. The van der Waals surface area contributed by atoms with E-state index in [-0.39, 0.29) is 21.5 Å². The molecule has 138 valence electrons. The number of hydrogen-bond donors (Lipinski definition) is 0. The Hall–Kier alpha value is -3.59. The molecule has 8 nitrogen and oxygen atoms in total. The van der Waals surface area contributed by atoms with Gasteiger partial charge in [0.25, 0.3) is 5.69 Å². The number of nitro groups is 1. The summed E-state index contributed by atoms with van der Waals surface area (Å²) in [6, 6.07) is 12.9. The fraction of sp³-hybridized carbons (Fsp3) is 0. The van der Waals surface area contributed by atoms with Gasteiger partial charge in [0.15, 0.2) is 11.2 Å². The topological polar surface area (TPSA) is 117 Å². The number of hydrogen-bond acceptors (Lipinski definition) is 7. The third kappa shape index (κ3) is 3.47. The number of nitro benzene ring substituents is 1. The first-order valence-corrected chi connectivity index (χ1v) is 8.81. The van der Waals surface area contributed by atoms with Crippen molar-refractivity contribution in [1.82, 2.24) is 9.97 Å². The van der Waals surface area contributed by atoms with Gasteiger partial charge in [-0.1, -0.05) is 21.7 Å². The average molecular weight is 438 g/mol. The summed E-state index contributed by atoms with van der Waals surface area (Å²) in [6.45, 7) is 0. The predicted octanol–water partition coefficient (Wildman–Crippen LogP) is 4.38. The average Bonchev–Trinajstić information content (AvgIpc) is 3.13.